The van der Waals surface area contributed by atoms with E-state index in [-0.39, 0.29) is 11.8 Å². The Kier molecular flexibility index (Phi) is 4.02. The second-order valence-electron chi connectivity index (χ2n) is 4.89. The molecular formula is C13H19NO3S. The second-order valence-corrected chi connectivity index (χ2v) is 6.78. The maximum absolute atomic E-state index is 10.8. The van der Waals surface area contributed by atoms with E-state index in [1.807, 2.05) is 11.8 Å². The van der Waals surface area contributed by atoms with Gasteiger partial charge in [0.2, 0.25) is 5.76 Å². The normalized spacial score (nSPS) is 27.1. The summed E-state index contributed by atoms with van der Waals surface area (Å²) in [7, 11) is 0. The van der Waals surface area contributed by atoms with Gasteiger partial charge < -0.3 is 9.52 Å². The molecular weight excluding hydrogens is 250 g/mol. The number of hydrogen-bond donors (Lipinski definition) is 1. The Bertz CT molecular complexity index is 422. The number of carboxylic acid groups (broad SMARTS) is 1. The standard InChI is InChI=1S/C13H19NO3S/c1-8-6-14(7-9(2)18-8)10(3)11-4-5-12(17-11)13(15)16/h4-5,8-10H,6-7H2,1-3H3,(H,15,16). The summed E-state index contributed by atoms with van der Waals surface area (Å²) in [6.45, 7) is 8.55. The molecule has 0 aromatic carbocycles. The minimum absolute atomic E-state index is 0.0179. The fraction of sp³-hybridized carbons (Fsp3) is 0.615. The number of rotatable bonds is 3. The topological polar surface area (TPSA) is 53.7 Å². The van der Waals surface area contributed by atoms with Crippen LogP contribution in [0.25, 0.3) is 0 Å². The molecule has 100 valence electrons. The zero-order valence-corrected chi connectivity index (χ0v) is 11.7. The lowest BCUT2D eigenvalue weighted by molar-refractivity contribution is 0.0655. The molecule has 0 saturated carbocycles. The molecule has 1 aromatic heterocycles. The first-order chi connectivity index (χ1) is 8.47. The van der Waals surface area contributed by atoms with Gasteiger partial charge in [0, 0.05) is 23.6 Å². The summed E-state index contributed by atoms with van der Waals surface area (Å²) < 4.78 is 5.38. The SMILES string of the molecule is CC1CN(C(C)c2ccc(C(=O)O)o2)CC(C)S1. The summed E-state index contributed by atoms with van der Waals surface area (Å²) in [6, 6.07) is 3.43. The maximum atomic E-state index is 10.8. The third-order valence-electron chi connectivity index (χ3n) is 3.24. The van der Waals surface area contributed by atoms with Crippen molar-refractivity contribution in [2.24, 2.45) is 0 Å². The third-order valence-corrected chi connectivity index (χ3v) is 4.47. The molecule has 2 rings (SSSR count). The van der Waals surface area contributed by atoms with Gasteiger partial charge in [0.05, 0.1) is 6.04 Å². The highest BCUT2D eigenvalue weighted by molar-refractivity contribution is 8.00. The average Bonchev–Trinajstić information content (AvgIpc) is 2.75. The quantitative estimate of drug-likeness (QED) is 0.914. The van der Waals surface area contributed by atoms with Crippen molar-refractivity contribution in [3.05, 3.63) is 23.7 Å². The summed E-state index contributed by atoms with van der Waals surface area (Å²) in [6.07, 6.45) is 0. The molecule has 0 amide bonds. The van der Waals surface area contributed by atoms with Crippen molar-refractivity contribution < 1.29 is 14.3 Å². The summed E-state index contributed by atoms with van der Waals surface area (Å²) >= 11 is 2.00. The van der Waals surface area contributed by atoms with Gasteiger partial charge in [-0.15, -0.1) is 0 Å². The lowest BCUT2D eigenvalue weighted by Crippen LogP contribution is -2.41. The van der Waals surface area contributed by atoms with Crippen LogP contribution < -0.4 is 0 Å². The Morgan fingerprint density at radius 2 is 2.06 bits per heavy atom. The van der Waals surface area contributed by atoms with Gasteiger partial charge in [-0.3, -0.25) is 4.90 Å². The minimum atomic E-state index is -1.01. The van der Waals surface area contributed by atoms with E-state index in [9.17, 15) is 4.79 Å². The molecule has 18 heavy (non-hydrogen) atoms. The van der Waals surface area contributed by atoms with Crippen LogP contribution in [0.4, 0.5) is 0 Å². The Labute approximate surface area is 111 Å². The number of nitrogens with zero attached hydrogens (tertiary/aromatic N) is 1. The Balaban J connectivity index is 2.09. The molecule has 2 heterocycles. The van der Waals surface area contributed by atoms with Gasteiger partial charge in [0.1, 0.15) is 5.76 Å². The lowest BCUT2D eigenvalue weighted by atomic mass is 10.2. The maximum Gasteiger partial charge on any atom is 0.371 e. The van der Waals surface area contributed by atoms with Crippen LogP contribution in [0.3, 0.4) is 0 Å². The first-order valence-corrected chi connectivity index (χ1v) is 7.14. The van der Waals surface area contributed by atoms with Crippen LogP contribution in [-0.2, 0) is 0 Å². The first-order valence-electron chi connectivity index (χ1n) is 6.20. The molecule has 0 radical (unpaired) electrons. The molecule has 1 saturated heterocycles. The van der Waals surface area contributed by atoms with Crippen molar-refractivity contribution in [1.82, 2.24) is 4.90 Å². The summed E-state index contributed by atoms with van der Waals surface area (Å²) in [5, 5.41) is 10.1. The lowest BCUT2D eigenvalue weighted by Gasteiger charge is -2.37. The zero-order chi connectivity index (χ0) is 13.3. The predicted octanol–water partition coefficient (Wildman–Crippen LogP) is 2.86. The molecule has 3 unspecified atom stereocenters. The first kappa shape index (κ1) is 13.5. The van der Waals surface area contributed by atoms with Crippen molar-refractivity contribution in [2.75, 3.05) is 13.1 Å². The third kappa shape index (κ3) is 2.90. The van der Waals surface area contributed by atoms with Crippen LogP contribution in [0.2, 0.25) is 0 Å². The van der Waals surface area contributed by atoms with Crippen LogP contribution in [0.15, 0.2) is 16.5 Å². The number of hydrogen-bond acceptors (Lipinski definition) is 4. The van der Waals surface area contributed by atoms with E-state index in [0.29, 0.717) is 10.5 Å². The van der Waals surface area contributed by atoms with Crippen LogP contribution in [0.5, 0.6) is 0 Å². The van der Waals surface area contributed by atoms with Crippen LogP contribution in [0, 0.1) is 0 Å². The van der Waals surface area contributed by atoms with Gasteiger partial charge >= 0.3 is 5.97 Å². The van der Waals surface area contributed by atoms with Gasteiger partial charge in [-0.1, -0.05) is 13.8 Å². The Hall–Kier alpha value is -0.940. The number of thioether (sulfide) groups is 1. The number of carboxylic acids is 1. The zero-order valence-electron chi connectivity index (χ0n) is 10.9. The van der Waals surface area contributed by atoms with Gasteiger partial charge in [0.15, 0.2) is 0 Å². The van der Waals surface area contributed by atoms with E-state index < -0.39 is 5.97 Å². The molecule has 1 aromatic rings. The van der Waals surface area contributed by atoms with Crippen molar-refractivity contribution in [2.45, 2.75) is 37.3 Å². The van der Waals surface area contributed by atoms with Gasteiger partial charge in [0.25, 0.3) is 0 Å². The molecule has 0 spiro atoms. The highest BCUT2D eigenvalue weighted by Crippen LogP contribution is 2.31. The van der Waals surface area contributed by atoms with E-state index in [2.05, 4.69) is 25.7 Å². The Morgan fingerprint density at radius 1 is 1.44 bits per heavy atom. The number of furan rings is 1. The van der Waals surface area contributed by atoms with Crippen LogP contribution >= 0.6 is 11.8 Å². The van der Waals surface area contributed by atoms with Crippen molar-refractivity contribution in [1.29, 1.82) is 0 Å². The molecule has 5 heteroatoms. The molecule has 1 fully saturated rings. The predicted molar refractivity (Wildman–Crippen MR) is 72.2 cm³/mol. The molecule has 0 bridgehead atoms. The largest absolute Gasteiger partial charge is 0.475 e. The fourth-order valence-corrected chi connectivity index (χ4v) is 3.75. The molecule has 4 nitrogen and oxygen atoms in total. The highest BCUT2D eigenvalue weighted by atomic mass is 32.2. The van der Waals surface area contributed by atoms with Crippen molar-refractivity contribution in [3.8, 4) is 0 Å². The van der Waals surface area contributed by atoms with Crippen molar-refractivity contribution >= 4 is 17.7 Å². The van der Waals surface area contributed by atoms with Gasteiger partial charge in [-0.05, 0) is 19.1 Å². The molecule has 3 atom stereocenters. The molecule has 1 aliphatic rings. The van der Waals surface area contributed by atoms with Gasteiger partial charge in [-0.25, -0.2) is 4.79 Å². The second kappa shape index (κ2) is 5.36. The summed E-state index contributed by atoms with van der Waals surface area (Å²) in [4.78, 5) is 13.2. The molecule has 1 N–H and O–H groups in total. The van der Waals surface area contributed by atoms with Crippen LogP contribution in [-0.4, -0.2) is 39.6 Å². The fourth-order valence-electron chi connectivity index (χ4n) is 2.41. The van der Waals surface area contributed by atoms with Gasteiger partial charge in [-0.2, -0.15) is 11.8 Å². The smallest absolute Gasteiger partial charge is 0.371 e. The van der Waals surface area contributed by atoms with E-state index in [1.165, 1.54) is 6.07 Å². The highest BCUT2D eigenvalue weighted by Gasteiger charge is 2.28. The molecule has 1 aliphatic heterocycles. The summed E-state index contributed by atoms with van der Waals surface area (Å²) in [5.41, 5.74) is 0. The van der Waals surface area contributed by atoms with E-state index >= 15 is 0 Å². The molecule has 0 aliphatic carbocycles. The van der Waals surface area contributed by atoms with Crippen LogP contribution in [0.1, 0.15) is 43.1 Å². The number of aromatic carboxylic acids is 1. The van der Waals surface area contributed by atoms with E-state index in [1.54, 1.807) is 6.07 Å². The monoisotopic (exact) mass is 269 g/mol. The number of carbonyl (C=O) groups is 1. The van der Waals surface area contributed by atoms with E-state index in [0.717, 1.165) is 18.8 Å². The van der Waals surface area contributed by atoms with Crippen molar-refractivity contribution in [3.63, 3.8) is 0 Å². The average molecular weight is 269 g/mol. The van der Waals surface area contributed by atoms with E-state index in [4.69, 9.17) is 9.52 Å². The minimum Gasteiger partial charge on any atom is -0.475 e. The Morgan fingerprint density at radius 3 is 2.56 bits per heavy atom. The summed E-state index contributed by atoms with van der Waals surface area (Å²) in [5.74, 6) is -0.257.